The molecule has 0 nitrogen and oxygen atoms in total. The quantitative estimate of drug-likeness (QED) is 0.379. The van der Waals surface area contributed by atoms with Gasteiger partial charge in [0.2, 0.25) is 0 Å². The lowest BCUT2D eigenvalue weighted by Gasteiger charge is -2.13. The Morgan fingerprint density at radius 2 is 1.52 bits per heavy atom. The molecule has 1 heteroatoms. The summed E-state index contributed by atoms with van der Waals surface area (Å²) in [7, 11) is 0. The molecule has 0 saturated carbocycles. The average Bonchev–Trinajstić information content (AvgIpc) is 3.07. The molecule has 0 saturated heterocycles. The second-order valence-corrected chi connectivity index (χ2v) is 6.89. The van der Waals surface area contributed by atoms with Crippen molar-refractivity contribution in [3.63, 3.8) is 0 Å². The Balaban J connectivity index is 1.92. The first-order valence-corrected chi connectivity index (χ1v) is 8.75. The molecule has 0 spiro atoms. The van der Waals surface area contributed by atoms with Crippen molar-refractivity contribution in [3.8, 4) is 22.3 Å². The van der Waals surface area contributed by atoms with Gasteiger partial charge in [0.25, 0.3) is 0 Å². The Bertz CT molecular complexity index is 977. The van der Waals surface area contributed by atoms with E-state index in [0.717, 1.165) is 0 Å². The molecule has 1 heterocycles. The van der Waals surface area contributed by atoms with Crippen molar-refractivity contribution in [1.82, 2.24) is 0 Å². The predicted molar refractivity (Wildman–Crippen MR) is 102 cm³/mol. The molecule has 0 radical (unpaired) electrons. The fourth-order valence-corrected chi connectivity index (χ4v) is 4.10. The summed E-state index contributed by atoms with van der Waals surface area (Å²) in [5.41, 5.74) is 7.92. The molecule has 0 N–H and O–H groups in total. The van der Waals surface area contributed by atoms with Crippen LogP contribution in [0.5, 0.6) is 0 Å². The van der Waals surface area contributed by atoms with Gasteiger partial charge in [-0.05, 0) is 70.1 Å². The van der Waals surface area contributed by atoms with Crippen LogP contribution >= 0.6 is 11.3 Å². The van der Waals surface area contributed by atoms with Crippen LogP contribution < -0.4 is 0 Å². The monoisotopic (exact) mass is 314 g/mol. The second kappa shape index (κ2) is 5.68. The molecule has 0 amide bonds. The van der Waals surface area contributed by atoms with Crippen LogP contribution in [-0.2, 0) is 0 Å². The molecule has 0 atom stereocenters. The Kier molecular flexibility index (Phi) is 3.51. The van der Waals surface area contributed by atoms with Crippen molar-refractivity contribution < 1.29 is 0 Å². The van der Waals surface area contributed by atoms with E-state index in [1.165, 1.54) is 43.5 Å². The van der Waals surface area contributed by atoms with E-state index in [2.05, 4.69) is 86.0 Å². The normalized spacial score (nSPS) is 11.0. The molecule has 0 fully saturated rings. The highest BCUT2D eigenvalue weighted by atomic mass is 32.1. The highest BCUT2D eigenvalue weighted by molar-refractivity contribution is 7.17. The lowest BCUT2D eigenvalue weighted by molar-refractivity contribution is 1.43. The van der Waals surface area contributed by atoms with Crippen LogP contribution in [0.15, 0.2) is 72.1 Å². The Labute approximate surface area is 141 Å². The Morgan fingerprint density at radius 3 is 2.35 bits per heavy atom. The summed E-state index contributed by atoms with van der Waals surface area (Å²) in [6.07, 6.45) is 0. The maximum atomic E-state index is 2.33. The zero-order chi connectivity index (χ0) is 15.8. The van der Waals surface area contributed by atoms with E-state index in [9.17, 15) is 0 Å². The van der Waals surface area contributed by atoms with Crippen molar-refractivity contribution in [2.75, 3.05) is 0 Å². The molecule has 4 aromatic rings. The first kappa shape index (κ1) is 14.2. The summed E-state index contributed by atoms with van der Waals surface area (Å²) in [5, 5.41) is 3.52. The van der Waals surface area contributed by atoms with Crippen LogP contribution in [0.3, 0.4) is 0 Å². The smallest absolute Gasteiger partial charge is 0.0378 e. The lowest BCUT2D eigenvalue weighted by atomic mass is 9.92. The summed E-state index contributed by atoms with van der Waals surface area (Å²) in [6, 6.07) is 24.1. The largest absolute Gasteiger partial charge is 0.144 e. The number of benzene rings is 3. The van der Waals surface area contributed by atoms with Crippen LogP contribution in [0.25, 0.3) is 32.3 Å². The van der Waals surface area contributed by atoms with Crippen molar-refractivity contribution in [3.05, 3.63) is 83.2 Å². The first-order valence-electron chi connectivity index (χ1n) is 7.87. The van der Waals surface area contributed by atoms with E-state index in [0.29, 0.717) is 0 Å². The molecule has 0 aliphatic carbocycles. The lowest BCUT2D eigenvalue weighted by Crippen LogP contribution is -1.89. The number of fused-ring (bicyclic) bond motifs is 1. The van der Waals surface area contributed by atoms with Crippen molar-refractivity contribution in [2.45, 2.75) is 13.8 Å². The molecule has 0 bridgehead atoms. The van der Waals surface area contributed by atoms with Gasteiger partial charge < -0.3 is 0 Å². The fourth-order valence-electron chi connectivity index (χ4n) is 3.19. The Hall–Kier alpha value is -2.38. The third-order valence-electron chi connectivity index (χ3n) is 4.50. The molecule has 0 aliphatic heterocycles. The zero-order valence-electron chi connectivity index (χ0n) is 13.3. The maximum Gasteiger partial charge on any atom is 0.0378 e. The minimum atomic E-state index is 1.27. The van der Waals surface area contributed by atoms with E-state index in [1.54, 1.807) is 0 Å². The fraction of sp³-hybridized carbons (Fsp3) is 0.0909. The van der Waals surface area contributed by atoms with Gasteiger partial charge in [-0.2, -0.15) is 0 Å². The van der Waals surface area contributed by atoms with Crippen LogP contribution in [0.1, 0.15) is 11.1 Å². The Morgan fingerprint density at radius 1 is 0.696 bits per heavy atom. The predicted octanol–water partition coefficient (Wildman–Crippen LogP) is 6.85. The second-order valence-electron chi connectivity index (χ2n) is 5.97. The summed E-state index contributed by atoms with van der Waals surface area (Å²) >= 11 is 1.83. The summed E-state index contributed by atoms with van der Waals surface area (Å²) in [6.45, 7) is 4.44. The van der Waals surface area contributed by atoms with Gasteiger partial charge in [-0.15, -0.1) is 11.3 Å². The zero-order valence-corrected chi connectivity index (χ0v) is 14.2. The van der Waals surface area contributed by atoms with Crippen LogP contribution in [0.4, 0.5) is 0 Å². The van der Waals surface area contributed by atoms with Gasteiger partial charge in [0.15, 0.2) is 0 Å². The van der Waals surface area contributed by atoms with E-state index in [1.807, 2.05) is 11.3 Å². The highest BCUT2D eigenvalue weighted by Gasteiger charge is 2.10. The third kappa shape index (κ3) is 2.47. The number of hydrogen-bond acceptors (Lipinski definition) is 1. The minimum Gasteiger partial charge on any atom is -0.144 e. The van der Waals surface area contributed by atoms with Gasteiger partial charge in [-0.3, -0.25) is 0 Å². The maximum absolute atomic E-state index is 2.33. The number of hydrogen-bond donors (Lipinski definition) is 0. The molecular formula is C22H18S. The van der Waals surface area contributed by atoms with Gasteiger partial charge in [0, 0.05) is 4.70 Å². The molecule has 4 rings (SSSR count). The molecule has 3 aromatic carbocycles. The van der Waals surface area contributed by atoms with Crippen molar-refractivity contribution >= 4 is 21.4 Å². The van der Waals surface area contributed by atoms with Crippen LogP contribution in [0, 0.1) is 13.8 Å². The van der Waals surface area contributed by atoms with E-state index >= 15 is 0 Å². The third-order valence-corrected chi connectivity index (χ3v) is 5.55. The summed E-state index contributed by atoms with van der Waals surface area (Å²) < 4.78 is 1.40. The molecule has 112 valence electrons. The number of thiophene rings is 1. The first-order chi connectivity index (χ1) is 11.2. The van der Waals surface area contributed by atoms with Gasteiger partial charge in [0.1, 0.15) is 0 Å². The molecular weight excluding hydrogens is 296 g/mol. The van der Waals surface area contributed by atoms with E-state index in [-0.39, 0.29) is 0 Å². The number of aryl methyl sites for hydroxylation is 2. The van der Waals surface area contributed by atoms with Crippen LogP contribution in [-0.4, -0.2) is 0 Å². The topological polar surface area (TPSA) is 0 Å². The standard InChI is InChI=1S/C22H18S/c1-15-8-9-19(17-6-4-3-5-7-17)14-21(15)20-11-10-18-12-13-23-22(18)16(20)2/h3-14H,1-2H3. The van der Waals surface area contributed by atoms with Crippen molar-refractivity contribution in [2.24, 2.45) is 0 Å². The van der Waals surface area contributed by atoms with E-state index < -0.39 is 0 Å². The SMILES string of the molecule is Cc1ccc(-c2ccccc2)cc1-c1ccc2ccsc2c1C. The molecule has 1 aromatic heterocycles. The number of rotatable bonds is 2. The van der Waals surface area contributed by atoms with Gasteiger partial charge in [0.05, 0.1) is 0 Å². The van der Waals surface area contributed by atoms with Gasteiger partial charge in [-0.25, -0.2) is 0 Å². The summed E-state index contributed by atoms with van der Waals surface area (Å²) in [4.78, 5) is 0. The summed E-state index contributed by atoms with van der Waals surface area (Å²) in [5.74, 6) is 0. The van der Waals surface area contributed by atoms with Crippen molar-refractivity contribution in [1.29, 1.82) is 0 Å². The van der Waals surface area contributed by atoms with Gasteiger partial charge >= 0.3 is 0 Å². The average molecular weight is 314 g/mol. The highest BCUT2D eigenvalue weighted by Crippen LogP contribution is 2.36. The van der Waals surface area contributed by atoms with Gasteiger partial charge in [-0.1, -0.05) is 54.6 Å². The minimum absolute atomic E-state index is 1.27. The van der Waals surface area contributed by atoms with E-state index in [4.69, 9.17) is 0 Å². The molecule has 0 unspecified atom stereocenters. The molecule has 0 aliphatic rings. The molecule has 23 heavy (non-hydrogen) atoms. The van der Waals surface area contributed by atoms with Crippen LogP contribution in [0.2, 0.25) is 0 Å².